The Morgan fingerprint density at radius 3 is 3.05 bits per heavy atom. The van der Waals surface area contributed by atoms with Crippen molar-refractivity contribution in [2.75, 3.05) is 6.61 Å². The molecule has 0 atom stereocenters. The van der Waals surface area contributed by atoms with Gasteiger partial charge in [0.05, 0.1) is 6.61 Å². The molecule has 4 nitrogen and oxygen atoms in total. The molecule has 0 amide bonds. The summed E-state index contributed by atoms with van der Waals surface area (Å²) in [5.41, 5.74) is 1.13. The van der Waals surface area contributed by atoms with Crippen molar-refractivity contribution in [2.24, 2.45) is 0 Å². The van der Waals surface area contributed by atoms with Crippen LogP contribution in [-0.4, -0.2) is 17.6 Å². The van der Waals surface area contributed by atoms with Crippen molar-refractivity contribution in [3.8, 4) is 10.8 Å². The quantitative estimate of drug-likeness (QED) is 0.682. The number of carbonyl (C=O) groups excluding carboxylic acids is 1. The number of fused-ring (bicyclic) bond motifs is 1. The lowest BCUT2D eigenvalue weighted by molar-refractivity contribution is 0.0520. The van der Waals surface area contributed by atoms with E-state index in [1.54, 1.807) is 12.3 Å². The molecule has 3 aromatic rings. The normalized spacial score (nSPS) is 10.8. The molecule has 0 saturated heterocycles. The number of carbonyl (C=O) groups is 1. The van der Waals surface area contributed by atoms with E-state index in [0.717, 1.165) is 11.0 Å². The molecule has 0 saturated carbocycles. The first-order valence-electron chi connectivity index (χ1n) is 5.89. The van der Waals surface area contributed by atoms with Crippen LogP contribution in [0.4, 0.5) is 0 Å². The third kappa shape index (κ3) is 2.24. The summed E-state index contributed by atoms with van der Waals surface area (Å²) in [5.74, 6) is 0.267. The Balaban J connectivity index is 1.96. The standard InChI is InChI=1S/C14H11NO3S/c1-2-17-14(16)10-8-19-13(15-10)12-7-9-5-3-4-6-11(9)18-12/h3-8H,2H2,1H3. The van der Waals surface area contributed by atoms with Crippen molar-refractivity contribution in [2.45, 2.75) is 6.92 Å². The van der Waals surface area contributed by atoms with E-state index in [1.807, 2.05) is 30.3 Å². The largest absolute Gasteiger partial charge is 0.461 e. The number of hydrogen-bond acceptors (Lipinski definition) is 5. The van der Waals surface area contributed by atoms with Gasteiger partial charge in [-0.05, 0) is 19.1 Å². The SMILES string of the molecule is CCOC(=O)c1csc(-c2cc3ccccc3o2)n1. The minimum absolute atomic E-state index is 0.322. The van der Waals surface area contributed by atoms with Gasteiger partial charge in [0.2, 0.25) is 0 Å². The lowest BCUT2D eigenvalue weighted by atomic mass is 10.2. The Hall–Kier alpha value is -2.14. The average molecular weight is 273 g/mol. The fraction of sp³-hybridized carbons (Fsp3) is 0.143. The molecule has 5 heteroatoms. The zero-order valence-electron chi connectivity index (χ0n) is 10.3. The molecule has 2 heterocycles. The molecule has 0 spiro atoms. The maximum Gasteiger partial charge on any atom is 0.357 e. The van der Waals surface area contributed by atoms with Crippen LogP contribution in [0.3, 0.4) is 0 Å². The number of nitrogens with zero attached hydrogens (tertiary/aromatic N) is 1. The number of ether oxygens (including phenoxy) is 1. The zero-order chi connectivity index (χ0) is 13.2. The van der Waals surface area contributed by atoms with Gasteiger partial charge in [-0.2, -0.15) is 0 Å². The molecule has 0 N–H and O–H groups in total. The number of hydrogen-bond donors (Lipinski definition) is 0. The van der Waals surface area contributed by atoms with Crippen molar-refractivity contribution in [1.82, 2.24) is 4.98 Å². The van der Waals surface area contributed by atoms with Crippen molar-refractivity contribution in [1.29, 1.82) is 0 Å². The highest BCUT2D eigenvalue weighted by Gasteiger charge is 2.15. The highest BCUT2D eigenvalue weighted by Crippen LogP contribution is 2.29. The van der Waals surface area contributed by atoms with Crippen LogP contribution >= 0.6 is 11.3 Å². The first-order valence-corrected chi connectivity index (χ1v) is 6.77. The Morgan fingerprint density at radius 1 is 1.42 bits per heavy atom. The van der Waals surface area contributed by atoms with Gasteiger partial charge < -0.3 is 9.15 Å². The van der Waals surface area contributed by atoms with Crippen LogP contribution in [0, 0.1) is 0 Å². The van der Waals surface area contributed by atoms with E-state index in [2.05, 4.69) is 4.98 Å². The molecular formula is C14H11NO3S. The van der Waals surface area contributed by atoms with E-state index < -0.39 is 5.97 Å². The minimum atomic E-state index is -0.402. The van der Waals surface area contributed by atoms with Gasteiger partial charge in [0.1, 0.15) is 5.58 Å². The van der Waals surface area contributed by atoms with Crippen LogP contribution in [0.5, 0.6) is 0 Å². The summed E-state index contributed by atoms with van der Waals surface area (Å²) in [6, 6.07) is 9.67. The van der Waals surface area contributed by atoms with Crippen LogP contribution in [0.25, 0.3) is 21.7 Å². The summed E-state index contributed by atoms with van der Waals surface area (Å²) >= 11 is 1.37. The fourth-order valence-corrected chi connectivity index (χ4v) is 2.51. The van der Waals surface area contributed by atoms with Gasteiger partial charge in [0, 0.05) is 10.8 Å². The monoisotopic (exact) mass is 273 g/mol. The van der Waals surface area contributed by atoms with Crippen LogP contribution in [0.2, 0.25) is 0 Å². The molecule has 1 aromatic carbocycles. The topological polar surface area (TPSA) is 52.3 Å². The second-order valence-electron chi connectivity index (χ2n) is 3.91. The molecule has 0 aliphatic carbocycles. The summed E-state index contributed by atoms with van der Waals surface area (Å²) < 4.78 is 10.6. The van der Waals surface area contributed by atoms with Crippen LogP contribution in [0.1, 0.15) is 17.4 Å². The van der Waals surface area contributed by atoms with Gasteiger partial charge in [0.25, 0.3) is 0 Å². The maximum absolute atomic E-state index is 11.6. The van der Waals surface area contributed by atoms with Crippen molar-refractivity contribution in [3.63, 3.8) is 0 Å². The van der Waals surface area contributed by atoms with Crippen molar-refractivity contribution >= 4 is 28.3 Å². The van der Waals surface area contributed by atoms with E-state index in [0.29, 0.717) is 23.1 Å². The van der Waals surface area contributed by atoms with E-state index in [9.17, 15) is 4.79 Å². The molecule has 96 valence electrons. The fourth-order valence-electron chi connectivity index (χ4n) is 1.77. The lowest BCUT2D eigenvalue weighted by Crippen LogP contribution is -2.04. The summed E-state index contributed by atoms with van der Waals surface area (Å²) in [5, 5.41) is 3.38. The van der Waals surface area contributed by atoms with Crippen LogP contribution < -0.4 is 0 Å². The summed E-state index contributed by atoms with van der Waals surface area (Å²) in [6.07, 6.45) is 0. The summed E-state index contributed by atoms with van der Waals surface area (Å²) in [4.78, 5) is 15.8. The average Bonchev–Trinajstić information content (AvgIpc) is 3.05. The number of esters is 1. The number of para-hydroxylation sites is 1. The minimum Gasteiger partial charge on any atom is -0.461 e. The van der Waals surface area contributed by atoms with Crippen molar-refractivity contribution < 1.29 is 13.9 Å². The molecular weight excluding hydrogens is 262 g/mol. The molecule has 0 aliphatic rings. The summed E-state index contributed by atoms with van der Waals surface area (Å²) in [7, 11) is 0. The maximum atomic E-state index is 11.6. The molecule has 0 fully saturated rings. The summed E-state index contributed by atoms with van der Waals surface area (Å²) in [6.45, 7) is 2.11. The number of rotatable bonds is 3. The van der Waals surface area contributed by atoms with Crippen molar-refractivity contribution in [3.05, 3.63) is 41.4 Å². The second kappa shape index (κ2) is 4.85. The number of furan rings is 1. The third-order valence-corrected chi connectivity index (χ3v) is 3.48. The van der Waals surface area contributed by atoms with Gasteiger partial charge in [-0.3, -0.25) is 0 Å². The highest BCUT2D eigenvalue weighted by atomic mass is 32.1. The number of aromatic nitrogens is 1. The zero-order valence-corrected chi connectivity index (χ0v) is 11.1. The smallest absolute Gasteiger partial charge is 0.357 e. The number of benzene rings is 1. The van der Waals surface area contributed by atoms with Gasteiger partial charge >= 0.3 is 5.97 Å². The Morgan fingerprint density at radius 2 is 2.26 bits per heavy atom. The van der Waals surface area contributed by atoms with E-state index in [1.165, 1.54) is 11.3 Å². The molecule has 0 bridgehead atoms. The van der Waals surface area contributed by atoms with Gasteiger partial charge in [0.15, 0.2) is 16.5 Å². The van der Waals surface area contributed by atoms with Gasteiger partial charge in [-0.25, -0.2) is 9.78 Å². The third-order valence-electron chi connectivity index (χ3n) is 2.63. The molecule has 0 unspecified atom stereocenters. The number of thiazole rings is 1. The predicted octanol–water partition coefficient (Wildman–Crippen LogP) is 3.73. The highest BCUT2D eigenvalue weighted by molar-refractivity contribution is 7.13. The first-order chi connectivity index (χ1) is 9.28. The van der Waals surface area contributed by atoms with E-state index >= 15 is 0 Å². The molecule has 0 radical (unpaired) electrons. The van der Waals surface area contributed by atoms with Gasteiger partial charge in [-0.1, -0.05) is 18.2 Å². The molecule has 2 aromatic heterocycles. The van der Waals surface area contributed by atoms with Crippen LogP contribution in [0.15, 0.2) is 40.1 Å². The first kappa shape index (κ1) is 11.9. The Bertz CT molecular complexity index is 696. The predicted molar refractivity (Wildman–Crippen MR) is 73.3 cm³/mol. The van der Waals surface area contributed by atoms with Crippen LogP contribution in [-0.2, 0) is 4.74 Å². The molecule has 19 heavy (non-hydrogen) atoms. The van der Waals surface area contributed by atoms with Gasteiger partial charge in [-0.15, -0.1) is 11.3 Å². The Kier molecular flexibility index (Phi) is 3.05. The lowest BCUT2D eigenvalue weighted by Gasteiger charge is -1.95. The van der Waals surface area contributed by atoms with E-state index in [4.69, 9.17) is 9.15 Å². The van der Waals surface area contributed by atoms with E-state index in [-0.39, 0.29) is 0 Å². The Labute approximate surface area is 113 Å². The molecule has 3 rings (SSSR count). The molecule has 0 aliphatic heterocycles. The second-order valence-corrected chi connectivity index (χ2v) is 4.76.